The van der Waals surface area contributed by atoms with E-state index in [1.807, 2.05) is 32.0 Å². The van der Waals surface area contributed by atoms with Crippen LogP contribution in [0.5, 0.6) is 0 Å². The van der Waals surface area contributed by atoms with Crippen molar-refractivity contribution in [2.75, 3.05) is 26.4 Å². The van der Waals surface area contributed by atoms with Crippen molar-refractivity contribution in [1.29, 1.82) is 0 Å². The lowest BCUT2D eigenvalue weighted by Crippen LogP contribution is -2.28. The fourth-order valence-electron chi connectivity index (χ4n) is 2.44. The van der Waals surface area contributed by atoms with Crippen LogP contribution in [0.1, 0.15) is 17.3 Å². The number of esters is 1. The van der Waals surface area contributed by atoms with Gasteiger partial charge in [0.15, 0.2) is 0 Å². The summed E-state index contributed by atoms with van der Waals surface area (Å²) in [6.45, 7) is 2.49. The lowest BCUT2D eigenvalue weighted by Gasteiger charge is -2.18. The second-order valence-electron chi connectivity index (χ2n) is 5.90. The van der Waals surface area contributed by atoms with Crippen LogP contribution in [0.4, 0.5) is 5.69 Å². The summed E-state index contributed by atoms with van der Waals surface area (Å²) in [5, 5.41) is 1.09. The van der Waals surface area contributed by atoms with Gasteiger partial charge in [-0.15, -0.1) is 0 Å². The van der Waals surface area contributed by atoms with Crippen LogP contribution < -0.4 is 5.73 Å². The van der Waals surface area contributed by atoms with E-state index < -0.39 is 5.97 Å². The van der Waals surface area contributed by atoms with Crippen molar-refractivity contribution in [3.63, 3.8) is 0 Å². The van der Waals surface area contributed by atoms with Gasteiger partial charge < -0.3 is 15.4 Å². The molecule has 6 heteroatoms. The Morgan fingerprint density at radius 2 is 1.92 bits per heavy atom. The molecule has 2 aromatic rings. The van der Waals surface area contributed by atoms with E-state index in [-0.39, 0.29) is 6.10 Å². The van der Waals surface area contributed by atoms with E-state index >= 15 is 0 Å². The maximum Gasteiger partial charge on any atom is 0.340 e. The Hall–Kier alpha value is -1.75. The van der Waals surface area contributed by atoms with Gasteiger partial charge in [0, 0.05) is 27.8 Å². The SMILES string of the molecule is CC(CN(C)C)OC(=O)c1ccc(-c2ccc(Cl)cc2Cl)cc1N. The average molecular weight is 367 g/mol. The van der Waals surface area contributed by atoms with E-state index in [0.29, 0.717) is 27.8 Å². The Labute approximate surface area is 152 Å². The molecule has 0 aliphatic rings. The third kappa shape index (κ3) is 4.63. The molecule has 0 aliphatic carbocycles. The highest BCUT2D eigenvalue weighted by molar-refractivity contribution is 6.36. The first-order valence-corrected chi connectivity index (χ1v) is 8.24. The van der Waals surface area contributed by atoms with Crippen molar-refractivity contribution in [3.8, 4) is 11.1 Å². The summed E-state index contributed by atoms with van der Waals surface area (Å²) in [6, 6.07) is 10.4. The first-order chi connectivity index (χ1) is 11.3. The molecule has 0 spiro atoms. The zero-order valence-electron chi connectivity index (χ0n) is 13.8. The molecule has 4 nitrogen and oxygen atoms in total. The number of ether oxygens (including phenoxy) is 1. The van der Waals surface area contributed by atoms with Crippen LogP contribution in [-0.4, -0.2) is 37.6 Å². The van der Waals surface area contributed by atoms with Crippen LogP contribution >= 0.6 is 23.2 Å². The Balaban J connectivity index is 2.22. The Morgan fingerprint density at radius 3 is 2.50 bits per heavy atom. The van der Waals surface area contributed by atoms with Crippen LogP contribution in [-0.2, 0) is 4.74 Å². The number of nitrogens with zero attached hydrogens (tertiary/aromatic N) is 1. The van der Waals surface area contributed by atoms with Crippen LogP contribution in [0.3, 0.4) is 0 Å². The molecule has 1 unspecified atom stereocenters. The van der Waals surface area contributed by atoms with Crippen LogP contribution in [0.2, 0.25) is 10.0 Å². The highest BCUT2D eigenvalue weighted by Crippen LogP contribution is 2.32. The number of nitrogen functional groups attached to an aromatic ring is 1. The predicted octanol–water partition coefficient (Wildman–Crippen LogP) is 4.35. The van der Waals surface area contributed by atoms with Gasteiger partial charge in [0.05, 0.1) is 5.56 Å². The molecule has 0 amide bonds. The summed E-state index contributed by atoms with van der Waals surface area (Å²) in [6.07, 6.45) is -0.225. The molecular formula is C18H20Cl2N2O2. The highest BCUT2D eigenvalue weighted by atomic mass is 35.5. The van der Waals surface area contributed by atoms with Crippen molar-refractivity contribution >= 4 is 34.9 Å². The molecule has 1 atom stereocenters. The number of hydrogen-bond donors (Lipinski definition) is 1. The van der Waals surface area contributed by atoms with Crippen molar-refractivity contribution in [2.45, 2.75) is 13.0 Å². The second-order valence-corrected chi connectivity index (χ2v) is 6.75. The van der Waals surface area contributed by atoms with E-state index in [0.717, 1.165) is 11.1 Å². The summed E-state index contributed by atoms with van der Waals surface area (Å²) in [5.41, 5.74) is 8.34. The van der Waals surface area contributed by atoms with Gasteiger partial charge in [0.25, 0.3) is 0 Å². The average Bonchev–Trinajstić information content (AvgIpc) is 2.45. The van der Waals surface area contributed by atoms with E-state index in [1.165, 1.54) is 0 Å². The molecule has 24 heavy (non-hydrogen) atoms. The van der Waals surface area contributed by atoms with E-state index in [1.54, 1.807) is 30.3 Å². The minimum atomic E-state index is -0.435. The smallest absolute Gasteiger partial charge is 0.340 e. The fourth-order valence-corrected chi connectivity index (χ4v) is 2.96. The molecule has 2 aromatic carbocycles. The maximum atomic E-state index is 12.3. The van der Waals surface area contributed by atoms with Gasteiger partial charge in [-0.25, -0.2) is 4.79 Å². The third-order valence-electron chi connectivity index (χ3n) is 3.44. The number of benzene rings is 2. The topological polar surface area (TPSA) is 55.6 Å². The van der Waals surface area contributed by atoms with Gasteiger partial charge in [-0.2, -0.15) is 0 Å². The van der Waals surface area contributed by atoms with Crippen molar-refractivity contribution in [3.05, 3.63) is 52.0 Å². The second kappa shape index (κ2) is 7.88. The van der Waals surface area contributed by atoms with Gasteiger partial charge in [-0.05, 0) is 50.8 Å². The zero-order valence-corrected chi connectivity index (χ0v) is 15.4. The summed E-state index contributed by atoms with van der Waals surface area (Å²) in [5.74, 6) is -0.435. The number of halogens is 2. The lowest BCUT2D eigenvalue weighted by molar-refractivity contribution is 0.0290. The molecule has 0 fully saturated rings. The number of likely N-dealkylation sites (N-methyl/N-ethyl adjacent to an activating group) is 1. The molecule has 0 aliphatic heterocycles. The highest BCUT2D eigenvalue weighted by Gasteiger charge is 2.16. The van der Waals surface area contributed by atoms with Crippen molar-refractivity contribution in [1.82, 2.24) is 4.90 Å². The van der Waals surface area contributed by atoms with Gasteiger partial charge in [0.2, 0.25) is 0 Å². The molecule has 0 heterocycles. The number of anilines is 1. The van der Waals surface area contributed by atoms with Crippen LogP contribution in [0.25, 0.3) is 11.1 Å². The first-order valence-electron chi connectivity index (χ1n) is 7.48. The minimum Gasteiger partial charge on any atom is -0.458 e. The van der Waals surface area contributed by atoms with Crippen molar-refractivity contribution in [2.24, 2.45) is 0 Å². The summed E-state index contributed by atoms with van der Waals surface area (Å²) in [4.78, 5) is 14.2. The molecule has 2 N–H and O–H groups in total. The van der Waals surface area contributed by atoms with E-state index in [2.05, 4.69) is 0 Å². The standard InChI is InChI=1S/C18H20Cl2N2O2/c1-11(10-22(2)3)24-18(23)15-6-4-12(8-17(15)21)14-7-5-13(19)9-16(14)20/h4-9,11H,10,21H2,1-3H3. The number of nitrogens with two attached hydrogens (primary N) is 1. The molecule has 128 valence electrons. The molecule has 0 aromatic heterocycles. The monoisotopic (exact) mass is 366 g/mol. The fraction of sp³-hybridized carbons (Fsp3) is 0.278. The van der Waals surface area contributed by atoms with E-state index in [9.17, 15) is 4.79 Å². The lowest BCUT2D eigenvalue weighted by atomic mass is 10.0. The predicted molar refractivity (Wildman–Crippen MR) is 99.7 cm³/mol. The quantitative estimate of drug-likeness (QED) is 0.631. The molecular weight excluding hydrogens is 347 g/mol. The Kier molecular flexibility index (Phi) is 6.10. The number of carbonyl (C=O) groups is 1. The number of carbonyl (C=O) groups excluding carboxylic acids is 1. The third-order valence-corrected chi connectivity index (χ3v) is 3.99. The molecule has 0 bridgehead atoms. The zero-order chi connectivity index (χ0) is 17.9. The number of hydrogen-bond acceptors (Lipinski definition) is 4. The molecule has 0 saturated heterocycles. The number of rotatable bonds is 5. The molecule has 2 rings (SSSR count). The van der Waals surface area contributed by atoms with Crippen LogP contribution in [0.15, 0.2) is 36.4 Å². The molecule has 0 saturated carbocycles. The van der Waals surface area contributed by atoms with Gasteiger partial charge >= 0.3 is 5.97 Å². The minimum absolute atomic E-state index is 0.225. The van der Waals surface area contributed by atoms with E-state index in [4.69, 9.17) is 33.7 Å². The molecule has 0 radical (unpaired) electrons. The van der Waals surface area contributed by atoms with Gasteiger partial charge in [-0.1, -0.05) is 35.3 Å². The van der Waals surface area contributed by atoms with Crippen molar-refractivity contribution < 1.29 is 9.53 Å². The summed E-state index contributed by atoms with van der Waals surface area (Å²) < 4.78 is 5.41. The Morgan fingerprint density at radius 1 is 1.21 bits per heavy atom. The summed E-state index contributed by atoms with van der Waals surface area (Å²) >= 11 is 12.1. The summed E-state index contributed by atoms with van der Waals surface area (Å²) in [7, 11) is 3.84. The maximum absolute atomic E-state index is 12.3. The first kappa shape index (κ1) is 18.6. The largest absolute Gasteiger partial charge is 0.458 e. The normalized spacial score (nSPS) is 12.2. The van der Waals surface area contributed by atoms with Crippen LogP contribution in [0, 0.1) is 0 Å². The van der Waals surface area contributed by atoms with Gasteiger partial charge in [-0.3, -0.25) is 0 Å². The van der Waals surface area contributed by atoms with Gasteiger partial charge in [0.1, 0.15) is 6.10 Å². The Bertz CT molecular complexity index is 748.